The van der Waals surface area contributed by atoms with Gasteiger partial charge in [-0.15, -0.1) is 0 Å². The summed E-state index contributed by atoms with van der Waals surface area (Å²) < 4.78 is 32.7. The fraction of sp³-hybridized carbons (Fsp3) is 0.522. The Morgan fingerprint density at radius 2 is 1.88 bits per heavy atom. The molecule has 34 heavy (non-hydrogen) atoms. The number of esters is 1. The van der Waals surface area contributed by atoms with Gasteiger partial charge in [0.2, 0.25) is 21.8 Å². The lowest BCUT2D eigenvalue weighted by molar-refractivity contribution is -0.149. The number of benzene rings is 1. The smallest absolute Gasteiger partial charge is 0.321 e. The molecule has 0 bridgehead atoms. The lowest BCUT2D eigenvalue weighted by Crippen LogP contribution is -2.64. The van der Waals surface area contributed by atoms with E-state index in [9.17, 15) is 22.8 Å². The first-order valence-corrected chi connectivity index (χ1v) is 13.1. The molecule has 0 radical (unpaired) electrons. The molecule has 0 aromatic heterocycles. The molecule has 0 saturated carbocycles. The zero-order valence-corrected chi connectivity index (χ0v) is 20.9. The highest BCUT2D eigenvalue weighted by atomic mass is 35.5. The van der Waals surface area contributed by atoms with Gasteiger partial charge in [-0.1, -0.05) is 30.7 Å². The first-order valence-electron chi connectivity index (χ1n) is 11.2. The fourth-order valence-corrected chi connectivity index (χ4v) is 6.22. The standard InChI is InChI=1S/C23H30ClN3O6S/c1-17(21(29)26-13-4-3-5-14-26)23(11-12-25-22(23)30)27(16-20(28)33-2)34(31,32)15-10-18-6-8-19(24)9-7-18/h6-10,15,17H,3-5,11-14,16H2,1-2H3,(H,25,30)/b15-10+/t17-,23+/m1/s1. The van der Waals surface area contributed by atoms with Gasteiger partial charge in [0.25, 0.3) is 0 Å². The highest BCUT2D eigenvalue weighted by Gasteiger charge is 2.58. The molecule has 1 aromatic rings. The Bertz CT molecular complexity index is 1050. The van der Waals surface area contributed by atoms with Crippen molar-refractivity contribution < 1.29 is 27.5 Å². The maximum Gasteiger partial charge on any atom is 0.321 e. The van der Waals surface area contributed by atoms with Crippen LogP contribution in [-0.4, -0.2) is 74.2 Å². The van der Waals surface area contributed by atoms with Gasteiger partial charge < -0.3 is 15.0 Å². The Labute approximate surface area is 205 Å². The number of carbonyl (C=O) groups excluding carboxylic acids is 3. The van der Waals surface area contributed by atoms with Crippen LogP contribution in [0.4, 0.5) is 0 Å². The van der Waals surface area contributed by atoms with Gasteiger partial charge in [-0.2, -0.15) is 4.31 Å². The van der Waals surface area contributed by atoms with E-state index in [2.05, 4.69) is 5.32 Å². The van der Waals surface area contributed by atoms with Crippen molar-refractivity contribution in [1.29, 1.82) is 0 Å². The molecule has 0 aliphatic carbocycles. The molecule has 186 valence electrons. The van der Waals surface area contributed by atoms with Crippen molar-refractivity contribution in [2.24, 2.45) is 5.92 Å². The number of piperidine rings is 1. The maximum atomic E-state index is 13.6. The Morgan fingerprint density at radius 3 is 2.44 bits per heavy atom. The summed E-state index contributed by atoms with van der Waals surface area (Å²) in [5, 5.41) is 4.10. The number of ether oxygens (including phenoxy) is 1. The van der Waals surface area contributed by atoms with Gasteiger partial charge in [0.05, 0.1) is 13.0 Å². The average molecular weight is 512 g/mol. The minimum atomic E-state index is -4.33. The van der Waals surface area contributed by atoms with Crippen LogP contribution in [-0.2, 0) is 29.1 Å². The molecule has 2 fully saturated rings. The number of carbonyl (C=O) groups is 3. The summed E-state index contributed by atoms with van der Waals surface area (Å²) in [6, 6.07) is 6.51. The maximum absolute atomic E-state index is 13.6. The van der Waals surface area contributed by atoms with E-state index in [0.717, 1.165) is 36.1 Å². The molecule has 0 spiro atoms. The van der Waals surface area contributed by atoms with E-state index in [1.807, 2.05) is 0 Å². The zero-order chi connectivity index (χ0) is 24.9. The van der Waals surface area contributed by atoms with E-state index in [1.54, 1.807) is 36.1 Å². The molecule has 1 aromatic carbocycles. The van der Waals surface area contributed by atoms with Gasteiger partial charge in [-0.25, -0.2) is 8.42 Å². The number of amides is 2. The normalized spacial score (nSPS) is 22.1. The van der Waals surface area contributed by atoms with Crippen LogP contribution >= 0.6 is 11.6 Å². The molecule has 1 N–H and O–H groups in total. The lowest BCUT2D eigenvalue weighted by Gasteiger charge is -2.42. The van der Waals surface area contributed by atoms with Crippen LogP contribution in [0.3, 0.4) is 0 Å². The molecular weight excluding hydrogens is 482 g/mol. The van der Waals surface area contributed by atoms with Crippen LogP contribution in [0.5, 0.6) is 0 Å². The predicted octanol–water partition coefficient (Wildman–Crippen LogP) is 2.02. The van der Waals surface area contributed by atoms with Gasteiger partial charge in [-0.05, 0) is 49.5 Å². The first kappa shape index (κ1) is 26.2. The number of sulfonamides is 1. The molecular formula is C23H30ClN3O6S. The summed E-state index contributed by atoms with van der Waals surface area (Å²) in [7, 11) is -3.19. The van der Waals surface area contributed by atoms with Crippen LogP contribution in [0.15, 0.2) is 29.7 Å². The number of likely N-dealkylation sites (tertiary alicyclic amines) is 1. The molecule has 9 nitrogen and oxygen atoms in total. The third kappa shape index (κ3) is 5.45. The number of methoxy groups -OCH3 is 1. The van der Waals surface area contributed by atoms with Crippen LogP contribution in [0, 0.1) is 5.92 Å². The molecule has 2 saturated heterocycles. The van der Waals surface area contributed by atoms with Gasteiger partial charge in [0.1, 0.15) is 12.1 Å². The van der Waals surface area contributed by atoms with E-state index < -0.39 is 39.9 Å². The second kappa shape index (κ2) is 10.9. The Hall–Kier alpha value is -2.43. The van der Waals surface area contributed by atoms with Crippen molar-refractivity contribution in [2.75, 3.05) is 33.3 Å². The molecule has 3 rings (SSSR count). The van der Waals surface area contributed by atoms with Crippen molar-refractivity contribution in [2.45, 2.75) is 38.1 Å². The van der Waals surface area contributed by atoms with Gasteiger partial charge in [0.15, 0.2) is 0 Å². The zero-order valence-electron chi connectivity index (χ0n) is 19.3. The summed E-state index contributed by atoms with van der Waals surface area (Å²) in [6.07, 6.45) is 4.13. The van der Waals surface area contributed by atoms with Gasteiger partial charge in [-0.3, -0.25) is 14.4 Å². The second-order valence-corrected chi connectivity index (χ2v) is 10.7. The number of rotatable bonds is 8. The van der Waals surface area contributed by atoms with Crippen LogP contribution in [0.1, 0.15) is 38.2 Å². The molecule has 2 atom stereocenters. The number of nitrogens with one attached hydrogen (secondary N) is 1. The number of halogens is 1. The molecule has 2 aliphatic heterocycles. The van der Waals surface area contributed by atoms with E-state index in [4.69, 9.17) is 16.3 Å². The third-order valence-corrected chi connectivity index (χ3v) is 8.30. The number of nitrogens with zero attached hydrogens (tertiary/aromatic N) is 2. The Morgan fingerprint density at radius 1 is 1.24 bits per heavy atom. The van der Waals surface area contributed by atoms with E-state index >= 15 is 0 Å². The van der Waals surface area contributed by atoms with Crippen molar-refractivity contribution in [3.63, 3.8) is 0 Å². The summed E-state index contributed by atoms with van der Waals surface area (Å²) in [5.74, 6) is -2.74. The van der Waals surface area contributed by atoms with Crippen LogP contribution in [0.25, 0.3) is 6.08 Å². The third-order valence-electron chi connectivity index (χ3n) is 6.49. The highest BCUT2D eigenvalue weighted by Crippen LogP contribution is 2.37. The summed E-state index contributed by atoms with van der Waals surface area (Å²) in [6.45, 7) is 2.16. The molecule has 11 heteroatoms. The number of hydrogen-bond acceptors (Lipinski definition) is 6. The van der Waals surface area contributed by atoms with E-state index in [-0.39, 0.29) is 18.9 Å². The van der Waals surface area contributed by atoms with Crippen molar-refractivity contribution >= 4 is 45.5 Å². The molecule has 2 aliphatic rings. The van der Waals surface area contributed by atoms with Crippen LogP contribution in [0.2, 0.25) is 5.02 Å². The number of hydrogen-bond donors (Lipinski definition) is 1. The highest BCUT2D eigenvalue weighted by molar-refractivity contribution is 7.92. The average Bonchev–Trinajstić information content (AvgIpc) is 3.23. The monoisotopic (exact) mass is 511 g/mol. The van der Waals surface area contributed by atoms with Gasteiger partial charge in [0, 0.05) is 30.1 Å². The SMILES string of the molecule is COC(=O)CN([C@]1([C@H](C)C(=O)N2CCCCC2)CCNC1=O)S(=O)(=O)/C=C/c1ccc(Cl)cc1. The van der Waals surface area contributed by atoms with Gasteiger partial charge >= 0.3 is 5.97 Å². The summed E-state index contributed by atoms with van der Waals surface area (Å²) >= 11 is 5.89. The quantitative estimate of drug-likeness (QED) is 0.534. The molecule has 2 heterocycles. The van der Waals surface area contributed by atoms with E-state index in [0.29, 0.717) is 23.7 Å². The minimum Gasteiger partial charge on any atom is -0.468 e. The topological polar surface area (TPSA) is 113 Å². The molecule has 2 amide bonds. The Balaban J connectivity index is 2.03. The second-order valence-electron chi connectivity index (χ2n) is 8.52. The molecule has 0 unspecified atom stereocenters. The van der Waals surface area contributed by atoms with Crippen molar-refractivity contribution in [1.82, 2.24) is 14.5 Å². The Kier molecular flexibility index (Phi) is 8.38. The predicted molar refractivity (Wildman–Crippen MR) is 128 cm³/mol. The largest absolute Gasteiger partial charge is 0.468 e. The summed E-state index contributed by atoms with van der Waals surface area (Å²) in [4.78, 5) is 40.6. The lowest BCUT2D eigenvalue weighted by atomic mass is 9.82. The van der Waals surface area contributed by atoms with Crippen LogP contribution < -0.4 is 5.32 Å². The van der Waals surface area contributed by atoms with Crippen molar-refractivity contribution in [3.05, 3.63) is 40.3 Å². The first-order chi connectivity index (χ1) is 16.1. The fourth-order valence-electron chi connectivity index (χ4n) is 4.54. The minimum absolute atomic E-state index is 0.0532. The van der Waals surface area contributed by atoms with Crippen molar-refractivity contribution in [3.8, 4) is 0 Å². The van der Waals surface area contributed by atoms with E-state index in [1.165, 1.54) is 6.08 Å². The summed E-state index contributed by atoms with van der Waals surface area (Å²) in [5.41, 5.74) is -1.19.